The molecule has 16 heavy (non-hydrogen) atoms. The number of rotatable bonds is 6. The molecule has 0 radical (unpaired) electrons. The highest BCUT2D eigenvalue weighted by atomic mass is 16.5. The fourth-order valence-electron chi connectivity index (χ4n) is 1.06. The molecule has 1 aromatic rings. The summed E-state index contributed by atoms with van der Waals surface area (Å²) in [4.78, 5) is 23.0. The number of carbonyl (C=O) groups is 2. The third-order valence-electron chi connectivity index (χ3n) is 1.85. The first kappa shape index (κ1) is 12.3. The van der Waals surface area contributed by atoms with E-state index in [1.807, 2.05) is 0 Å². The molecule has 0 spiro atoms. The van der Waals surface area contributed by atoms with Crippen molar-refractivity contribution in [3.05, 3.63) is 24.2 Å². The summed E-state index contributed by atoms with van der Waals surface area (Å²) in [6.07, 6.45) is 1.52. The average Bonchev–Trinajstić information content (AvgIpc) is 2.69. The molecule has 6 nitrogen and oxygen atoms in total. The second-order valence-corrected chi connectivity index (χ2v) is 3.22. The number of furan rings is 1. The lowest BCUT2D eigenvalue weighted by molar-refractivity contribution is -0.145. The van der Waals surface area contributed by atoms with Crippen LogP contribution in [0.25, 0.3) is 0 Å². The van der Waals surface area contributed by atoms with Gasteiger partial charge < -0.3 is 19.2 Å². The zero-order valence-corrected chi connectivity index (χ0v) is 8.88. The van der Waals surface area contributed by atoms with Gasteiger partial charge >= 0.3 is 5.97 Å². The standard InChI is InChI=1S/C10H13NO5/c1-11(5-8-3-2-4-16-8)9(12)6-15-7-10(13)14/h2-4H,5-7H2,1H3,(H,13,14). The molecule has 1 heterocycles. The Hall–Kier alpha value is -1.82. The highest BCUT2D eigenvalue weighted by Gasteiger charge is 2.11. The van der Waals surface area contributed by atoms with Gasteiger partial charge in [-0.3, -0.25) is 4.79 Å². The monoisotopic (exact) mass is 227 g/mol. The predicted molar refractivity (Wildman–Crippen MR) is 53.6 cm³/mol. The molecule has 0 fully saturated rings. The van der Waals surface area contributed by atoms with Crippen LogP contribution in [-0.4, -0.2) is 42.1 Å². The number of hydrogen-bond donors (Lipinski definition) is 1. The maximum atomic E-state index is 11.4. The number of likely N-dealkylation sites (N-methyl/N-ethyl adjacent to an activating group) is 1. The number of aliphatic carboxylic acids is 1. The maximum Gasteiger partial charge on any atom is 0.329 e. The zero-order chi connectivity index (χ0) is 12.0. The smallest absolute Gasteiger partial charge is 0.329 e. The summed E-state index contributed by atoms with van der Waals surface area (Å²) in [5.74, 6) is -0.728. The van der Waals surface area contributed by atoms with E-state index in [1.165, 1.54) is 11.2 Å². The fraction of sp³-hybridized carbons (Fsp3) is 0.400. The van der Waals surface area contributed by atoms with E-state index in [-0.39, 0.29) is 12.5 Å². The molecule has 0 aliphatic carbocycles. The molecule has 1 aromatic heterocycles. The van der Waals surface area contributed by atoms with Gasteiger partial charge in [-0.25, -0.2) is 4.79 Å². The third kappa shape index (κ3) is 4.14. The average molecular weight is 227 g/mol. The molecule has 0 aliphatic rings. The highest BCUT2D eigenvalue weighted by Crippen LogP contribution is 2.03. The van der Waals surface area contributed by atoms with Crippen LogP contribution < -0.4 is 0 Å². The Morgan fingerprint density at radius 2 is 2.25 bits per heavy atom. The number of carboxylic acid groups (broad SMARTS) is 1. The minimum Gasteiger partial charge on any atom is -0.480 e. The number of nitrogens with zero attached hydrogens (tertiary/aromatic N) is 1. The van der Waals surface area contributed by atoms with Crippen molar-refractivity contribution in [3.8, 4) is 0 Å². The number of carboxylic acids is 1. The fourth-order valence-corrected chi connectivity index (χ4v) is 1.06. The van der Waals surface area contributed by atoms with Gasteiger partial charge in [0.15, 0.2) is 0 Å². The molecular formula is C10H13NO5. The van der Waals surface area contributed by atoms with Crippen LogP contribution in [0.5, 0.6) is 0 Å². The van der Waals surface area contributed by atoms with Crippen LogP contribution >= 0.6 is 0 Å². The first-order valence-corrected chi connectivity index (χ1v) is 4.65. The Kier molecular flexibility index (Phi) is 4.53. The van der Waals surface area contributed by atoms with Gasteiger partial charge in [-0.15, -0.1) is 0 Å². The Labute approximate surface area is 92.4 Å². The summed E-state index contributed by atoms with van der Waals surface area (Å²) in [6.45, 7) is -0.383. The van der Waals surface area contributed by atoms with E-state index in [0.29, 0.717) is 12.3 Å². The second kappa shape index (κ2) is 5.92. The number of carbonyl (C=O) groups excluding carboxylic acids is 1. The Balaban J connectivity index is 2.28. The summed E-state index contributed by atoms with van der Waals surface area (Å²) in [5, 5.41) is 8.31. The lowest BCUT2D eigenvalue weighted by Gasteiger charge is -2.15. The van der Waals surface area contributed by atoms with Crippen LogP contribution in [-0.2, 0) is 20.9 Å². The zero-order valence-electron chi connectivity index (χ0n) is 8.88. The van der Waals surface area contributed by atoms with Crippen molar-refractivity contribution in [3.63, 3.8) is 0 Å². The first-order chi connectivity index (χ1) is 7.59. The van der Waals surface area contributed by atoms with Crippen molar-refractivity contribution in [1.82, 2.24) is 4.90 Å². The van der Waals surface area contributed by atoms with E-state index in [4.69, 9.17) is 9.52 Å². The Morgan fingerprint density at radius 3 is 2.81 bits per heavy atom. The van der Waals surface area contributed by atoms with Crippen LogP contribution in [0.3, 0.4) is 0 Å². The molecule has 0 unspecified atom stereocenters. The number of hydrogen-bond acceptors (Lipinski definition) is 4. The van der Waals surface area contributed by atoms with Crippen molar-refractivity contribution in [1.29, 1.82) is 0 Å². The summed E-state index contributed by atoms with van der Waals surface area (Å²) >= 11 is 0. The predicted octanol–water partition coefficient (Wildman–Crippen LogP) is 0.339. The van der Waals surface area contributed by atoms with Gasteiger partial charge in [0.1, 0.15) is 19.0 Å². The molecule has 0 saturated carbocycles. The van der Waals surface area contributed by atoms with E-state index in [2.05, 4.69) is 4.74 Å². The van der Waals surface area contributed by atoms with Gasteiger partial charge in [-0.05, 0) is 12.1 Å². The molecular weight excluding hydrogens is 214 g/mol. The lowest BCUT2D eigenvalue weighted by Crippen LogP contribution is -2.30. The molecule has 0 bridgehead atoms. The van der Waals surface area contributed by atoms with Crippen LogP contribution in [0.2, 0.25) is 0 Å². The van der Waals surface area contributed by atoms with Crippen molar-refractivity contribution >= 4 is 11.9 Å². The van der Waals surface area contributed by atoms with E-state index < -0.39 is 12.6 Å². The van der Waals surface area contributed by atoms with E-state index in [1.54, 1.807) is 19.2 Å². The van der Waals surface area contributed by atoms with E-state index in [0.717, 1.165) is 0 Å². The third-order valence-corrected chi connectivity index (χ3v) is 1.85. The number of amides is 1. The second-order valence-electron chi connectivity index (χ2n) is 3.22. The molecule has 88 valence electrons. The van der Waals surface area contributed by atoms with Crippen molar-refractivity contribution in [2.24, 2.45) is 0 Å². The van der Waals surface area contributed by atoms with Crippen LogP contribution in [0.1, 0.15) is 5.76 Å². The molecule has 0 aromatic carbocycles. The van der Waals surface area contributed by atoms with Gasteiger partial charge in [0.25, 0.3) is 0 Å². The largest absolute Gasteiger partial charge is 0.480 e. The van der Waals surface area contributed by atoms with Crippen molar-refractivity contribution in [2.45, 2.75) is 6.54 Å². The van der Waals surface area contributed by atoms with Crippen molar-refractivity contribution < 1.29 is 23.8 Å². The van der Waals surface area contributed by atoms with E-state index in [9.17, 15) is 9.59 Å². The normalized spacial score (nSPS) is 10.1. The van der Waals surface area contributed by atoms with Gasteiger partial charge in [0.05, 0.1) is 12.8 Å². The van der Waals surface area contributed by atoms with Gasteiger partial charge in [-0.1, -0.05) is 0 Å². The SMILES string of the molecule is CN(Cc1ccco1)C(=O)COCC(=O)O. The molecule has 1 rings (SSSR count). The van der Waals surface area contributed by atoms with Crippen molar-refractivity contribution in [2.75, 3.05) is 20.3 Å². The minimum absolute atomic E-state index is 0.247. The summed E-state index contributed by atoms with van der Waals surface area (Å²) in [5.41, 5.74) is 0. The van der Waals surface area contributed by atoms with E-state index >= 15 is 0 Å². The molecule has 0 aliphatic heterocycles. The summed E-state index contributed by atoms with van der Waals surface area (Å²) in [7, 11) is 1.59. The molecule has 0 saturated heterocycles. The Morgan fingerprint density at radius 1 is 1.50 bits per heavy atom. The molecule has 0 atom stereocenters. The molecule has 6 heteroatoms. The van der Waals surface area contributed by atoms with Crippen LogP contribution in [0.15, 0.2) is 22.8 Å². The maximum absolute atomic E-state index is 11.4. The first-order valence-electron chi connectivity index (χ1n) is 4.65. The van der Waals surface area contributed by atoms with Gasteiger partial charge in [-0.2, -0.15) is 0 Å². The van der Waals surface area contributed by atoms with Crippen LogP contribution in [0, 0.1) is 0 Å². The topological polar surface area (TPSA) is 80.0 Å². The quantitative estimate of drug-likeness (QED) is 0.758. The van der Waals surface area contributed by atoms with Gasteiger partial charge in [0.2, 0.25) is 5.91 Å². The molecule has 1 N–H and O–H groups in total. The number of ether oxygens (including phenoxy) is 1. The summed E-state index contributed by atoms with van der Waals surface area (Å²) < 4.78 is 9.74. The summed E-state index contributed by atoms with van der Waals surface area (Å²) in [6, 6.07) is 3.48. The lowest BCUT2D eigenvalue weighted by atomic mass is 10.4. The molecule has 1 amide bonds. The minimum atomic E-state index is -1.10. The van der Waals surface area contributed by atoms with Crippen LogP contribution in [0.4, 0.5) is 0 Å². The highest BCUT2D eigenvalue weighted by molar-refractivity contribution is 5.77. The van der Waals surface area contributed by atoms with Gasteiger partial charge in [0, 0.05) is 7.05 Å². The Bertz CT molecular complexity index is 346.